The Bertz CT molecular complexity index is 811. The van der Waals surface area contributed by atoms with Crippen molar-refractivity contribution in [1.82, 2.24) is 30.3 Å². The van der Waals surface area contributed by atoms with Crippen molar-refractivity contribution in [2.24, 2.45) is 4.99 Å². The largest absolute Gasteiger partial charge is 0.356 e. The summed E-state index contributed by atoms with van der Waals surface area (Å²) in [5.74, 6) is 1.87. The van der Waals surface area contributed by atoms with E-state index in [1.165, 1.54) is 24.9 Å². The van der Waals surface area contributed by atoms with Gasteiger partial charge in [0.1, 0.15) is 12.2 Å². The predicted molar refractivity (Wildman–Crippen MR) is 139 cm³/mol. The van der Waals surface area contributed by atoms with Gasteiger partial charge in [-0.3, -0.25) is 9.89 Å². The number of rotatable bonds is 10. The van der Waals surface area contributed by atoms with Gasteiger partial charge in [0.15, 0.2) is 5.96 Å². The number of benzene rings is 1. The Labute approximate surface area is 208 Å². The van der Waals surface area contributed by atoms with Crippen molar-refractivity contribution in [3.05, 3.63) is 47.0 Å². The van der Waals surface area contributed by atoms with Crippen LogP contribution in [0.5, 0.6) is 0 Å². The molecule has 1 aliphatic rings. The summed E-state index contributed by atoms with van der Waals surface area (Å²) in [6, 6.07) is 8.57. The molecule has 0 amide bonds. The van der Waals surface area contributed by atoms with E-state index in [1.54, 1.807) is 6.33 Å². The zero-order valence-corrected chi connectivity index (χ0v) is 21.6. The van der Waals surface area contributed by atoms with Crippen LogP contribution in [-0.4, -0.2) is 64.4 Å². The number of halogens is 2. The predicted octanol–water partition coefficient (Wildman–Crippen LogP) is 3.37. The number of hydrogen-bond donors (Lipinski definition) is 2. The number of aliphatic imine (C=N–C) groups is 1. The van der Waals surface area contributed by atoms with Crippen molar-refractivity contribution >= 4 is 41.5 Å². The summed E-state index contributed by atoms with van der Waals surface area (Å²) in [5, 5.41) is 15.9. The number of hydrogen-bond acceptors (Lipinski definition) is 4. The summed E-state index contributed by atoms with van der Waals surface area (Å²) in [5.41, 5.74) is 1.22. The number of nitrogens with zero attached hydrogens (tertiary/aromatic N) is 5. The molecular weight excluding hydrogens is 525 g/mol. The van der Waals surface area contributed by atoms with Gasteiger partial charge in [-0.2, -0.15) is 0 Å². The highest BCUT2D eigenvalue weighted by molar-refractivity contribution is 14.0. The summed E-state index contributed by atoms with van der Waals surface area (Å²) in [7, 11) is 0. The fourth-order valence-electron chi connectivity index (χ4n) is 3.94. The van der Waals surface area contributed by atoms with Crippen LogP contribution >= 0.6 is 35.6 Å². The van der Waals surface area contributed by atoms with Crippen LogP contribution in [0.3, 0.4) is 0 Å². The van der Waals surface area contributed by atoms with E-state index in [4.69, 9.17) is 16.6 Å². The van der Waals surface area contributed by atoms with E-state index in [0.717, 1.165) is 62.4 Å². The maximum atomic E-state index is 6.10. The van der Waals surface area contributed by atoms with E-state index >= 15 is 0 Å². The van der Waals surface area contributed by atoms with Crippen molar-refractivity contribution in [2.45, 2.75) is 52.1 Å². The molecule has 1 atom stereocenters. The Kier molecular flexibility index (Phi) is 11.6. The highest BCUT2D eigenvalue weighted by Gasteiger charge is 2.22. The van der Waals surface area contributed by atoms with E-state index < -0.39 is 0 Å². The van der Waals surface area contributed by atoms with Gasteiger partial charge in [-0.05, 0) is 50.0 Å². The summed E-state index contributed by atoms with van der Waals surface area (Å²) >= 11 is 6.10. The van der Waals surface area contributed by atoms with Crippen molar-refractivity contribution in [1.29, 1.82) is 0 Å². The lowest BCUT2D eigenvalue weighted by Gasteiger charge is -2.21. The molecule has 0 aliphatic carbocycles. The molecule has 9 heteroatoms. The topological polar surface area (TPSA) is 70.4 Å². The van der Waals surface area contributed by atoms with Gasteiger partial charge in [0.05, 0.1) is 6.54 Å². The van der Waals surface area contributed by atoms with Crippen LogP contribution in [0.2, 0.25) is 5.02 Å². The van der Waals surface area contributed by atoms with Crippen molar-refractivity contribution in [3.63, 3.8) is 0 Å². The second kappa shape index (κ2) is 13.9. The Morgan fingerprint density at radius 2 is 2.10 bits per heavy atom. The fourth-order valence-corrected chi connectivity index (χ4v) is 4.15. The minimum absolute atomic E-state index is 0. The number of likely N-dealkylation sites (tertiary alicyclic amines) is 1. The van der Waals surface area contributed by atoms with Gasteiger partial charge < -0.3 is 15.2 Å². The Morgan fingerprint density at radius 3 is 2.87 bits per heavy atom. The maximum absolute atomic E-state index is 6.10. The molecule has 1 aliphatic heterocycles. The third-order valence-electron chi connectivity index (χ3n) is 5.62. The second-order valence-electron chi connectivity index (χ2n) is 7.64. The van der Waals surface area contributed by atoms with Gasteiger partial charge in [0, 0.05) is 37.1 Å². The molecule has 31 heavy (non-hydrogen) atoms. The van der Waals surface area contributed by atoms with Crippen molar-refractivity contribution in [2.75, 3.05) is 32.7 Å². The first-order valence-electron chi connectivity index (χ1n) is 11.1. The number of aryl methyl sites for hydroxylation is 1. The van der Waals surface area contributed by atoms with Gasteiger partial charge in [0.25, 0.3) is 0 Å². The lowest BCUT2D eigenvalue weighted by atomic mass is 10.1. The first-order chi connectivity index (χ1) is 14.7. The van der Waals surface area contributed by atoms with Crippen LogP contribution < -0.4 is 10.6 Å². The van der Waals surface area contributed by atoms with Crippen LogP contribution in [0.15, 0.2) is 35.6 Å². The second-order valence-corrected chi connectivity index (χ2v) is 8.08. The van der Waals surface area contributed by atoms with Crippen LogP contribution in [0, 0.1) is 0 Å². The molecule has 2 aromatic rings. The number of likely N-dealkylation sites (N-methyl/N-ethyl adjacent to an activating group) is 1. The van der Waals surface area contributed by atoms with Crippen LogP contribution in [-0.2, 0) is 19.4 Å². The third kappa shape index (κ3) is 8.23. The number of nitrogens with one attached hydrogen (secondary N) is 2. The molecule has 1 aromatic carbocycles. The smallest absolute Gasteiger partial charge is 0.191 e. The molecule has 0 spiro atoms. The molecule has 172 valence electrons. The van der Waals surface area contributed by atoms with Gasteiger partial charge in [-0.15, -0.1) is 34.2 Å². The highest BCUT2D eigenvalue weighted by atomic mass is 127. The van der Waals surface area contributed by atoms with Gasteiger partial charge in [-0.1, -0.05) is 37.6 Å². The van der Waals surface area contributed by atoms with E-state index in [2.05, 4.69) is 50.2 Å². The molecule has 2 heterocycles. The molecule has 1 fully saturated rings. The Hall–Kier alpha value is -1.39. The van der Waals surface area contributed by atoms with Gasteiger partial charge in [0.2, 0.25) is 0 Å². The molecule has 0 bridgehead atoms. The SMILES string of the molecule is CCc1nncn1CCNC(=NCC1CCCN1CC)NCCc1cccc(Cl)c1.I. The number of aromatic nitrogens is 3. The van der Waals surface area contributed by atoms with E-state index in [-0.39, 0.29) is 24.0 Å². The minimum atomic E-state index is 0. The normalized spacial score (nSPS) is 16.9. The fraction of sp³-hybridized carbons (Fsp3) is 0.591. The molecule has 3 rings (SSSR count). The standard InChI is InChI=1S/C22H34ClN7.HI/c1-3-21-28-27-17-30(21)14-12-25-22(26-16-20-9-6-13-29(20)4-2)24-11-10-18-7-5-8-19(23)15-18;/h5,7-8,15,17,20H,3-4,6,9-14,16H2,1-2H3,(H2,24,25,26);1H. The first-order valence-corrected chi connectivity index (χ1v) is 11.4. The summed E-state index contributed by atoms with van der Waals surface area (Å²) in [4.78, 5) is 7.43. The minimum Gasteiger partial charge on any atom is -0.356 e. The molecule has 0 radical (unpaired) electrons. The highest BCUT2D eigenvalue weighted by Crippen LogP contribution is 2.16. The summed E-state index contributed by atoms with van der Waals surface area (Å²) in [6.07, 6.45) is 6.08. The lowest BCUT2D eigenvalue weighted by Crippen LogP contribution is -2.41. The molecular formula is C22H35ClIN7. The monoisotopic (exact) mass is 559 g/mol. The van der Waals surface area contributed by atoms with Gasteiger partial charge >= 0.3 is 0 Å². The lowest BCUT2D eigenvalue weighted by molar-refractivity contribution is 0.273. The maximum Gasteiger partial charge on any atom is 0.191 e. The van der Waals surface area contributed by atoms with Crippen molar-refractivity contribution < 1.29 is 0 Å². The molecule has 1 aromatic heterocycles. The van der Waals surface area contributed by atoms with Crippen LogP contribution in [0.1, 0.15) is 38.1 Å². The molecule has 1 unspecified atom stereocenters. The van der Waals surface area contributed by atoms with E-state index in [1.807, 2.05) is 18.2 Å². The summed E-state index contributed by atoms with van der Waals surface area (Å²) in [6.45, 7) is 9.84. The Morgan fingerprint density at radius 1 is 1.26 bits per heavy atom. The van der Waals surface area contributed by atoms with E-state index in [9.17, 15) is 0 Å². The van der Waals surface area contributed by atoms with Crippen molar-refractivity contribution in [3.8, 4) is 0 Å². The van der Waals surface area contributed by atoms with Gasteiger partial charge in [-0.25, -0.2) is 0 Å². The number of guanidine groups is 1. The Balaban J connectivity index is 0.00000341. The quantitative estimate of drug-likeness (QED) is 0.265. The zero-order valence-electron chi connectivity index (χ0n) is 18.6. The molecule has 1 saturated heterocycles. The zero-order chi connectivity index (χ0) is 21.2. The van der Waals surface area contributed by atoms with Crippen LogP contribution in [0.4, 0.5) is 0 Å². The summed E-state index contributed by atoms with van der Waals surface area (Å²) < 4.78 is 2.09. The molecule has 2 N–H and O–H groups in total. The van der Waals surface area contributed by atoms with E-state index in [0.29, 0.717) is 6.04 Å². The molecule has 7 nitrogen and oxygen atoms in total. The average Bonchev–Trinajstić information content (AvgIpc) is 3.40. The first kappa shape index (κ1) is 25.9. The molecule has 0 saturated carbocycles. The average molecular weight is 560 g/mol. The van der Waals surface area contributed by atoms with Crippen LogP contribution in [0.25, 0.3) is 0 Å². The third-order valence-corrected chi connectivity index (χ3v) is 5.85.